The van der Waals surface area contributed by atoms with E-state index in [4.69, 9.17) is 19.4 Å². The van der Waals surface area contributed by atoms with Crippen molar-refractivity contribution in [3.8, 4) is 0 Å². The van der Waals surface area contributed by atoms with Crippen LogP contribution in [0.5, 0.6) is 0 Å². The van der Waals surface area contributed by atoms with Gasteiger partial charge in [-0.25, -0.2) is 10.4 Å². The van der Waals surface area contributed by atoms with Crippen molar-refractivity contribution in [1.29, 1.82) is 0 Å². The van der Waals surface area contributed by atoms with E-state index >= 15 is 0 Å². The van der Waals surface area contributed by atoms with Crippen molar-refractivity contribution in [1.82, 2.24) is 24.5 Å². The number of imidazole rings is 1. The predicted octanol–water partition coefficient (Wildman–Crippen LogP) is 3.69. The summed E-state index contributed by atoms with van der Waals surface area (Å²) in [4.78, 5) is 23.2. The summed E-state index contributed by atoms with van der Waals surface area (Å²) >= 11 is 0. The summed E-state index contributed by atoms with van der Waals surface area (Å²) in [6.07, 6.45) is 1.73. The van der Waals surface area contributed by atoms with Crippen LogP contribution in [-0.2, 0) is 21.4 Å². The van der Waals surface area contributed by atoms with Crippen LogP contribution in [0.25, 0.3) is 11.0 Å². The summed E-state index contributed by atoms with van der Waals surface area (Å²) < 4.78 is 13.2. The fraction of sp³-hybridized carbons (Fsp3) is 0.433. The third-order valence-electron chi connectivity index (χ3n) is 7.39. The molecule has 2 aromatic carbocycles. The SMILES string of the molecule is CC(C)(C)c1ccc(Cn2c(/C=N/Nc3nc(N4CCOCC4)nc(N4CCOCC4)n3)nc3ccccc32)cc1. The van der Waals surface area contributed by atoms with Gasteiger partial charge in [0, 0.05) is 32.7 Å². The second kappa shape index (κ2) is 11.8. The Labute approximate surface area is 240 Å². The van der Waals surface area contributed by atoms with Crippen molar-refractivity contribution in [3.05, 3.63) is 65.5 Å². The van der Waals surface area contributed by atoms with Gasteiger partial charge >= 0.3 is 0 Å². The molecule has 2 aromatic heterocycles. The average Bonchev–Trinajstić information content (AvgIpc) is 3.34. The van der Waals surface area contributed by atoms with Crippen LogP contribution in [0.4, 0.5) is 17.8 Å². The molecule has 4 aromatic rings. The summed E-state index contributed by atoms with van der Waals surface area (Å²) in [7, 11) is 0. The number of aromatic nitrogens is 5. The van der Waals surface area contributed by atoms with E-state index in [1.165, 1.54) is 11.1 Å². The lowest BCUT2D eigenvalue weighted by molar-refractivity contribution is 0.121. The van der Waals surface area contributed by atoms with E-state index in [2.05, 4.69) is 86.0 Å². The summed E-state index contributed by atoms with van der Waals surface area (Å²) in [5.74, 6) is 2.37. The number of hydrogen-bond acceptors (Lipinski definition) is 10. The van der Waals surface area contributed by atoms with Crippen molar-refractivity contribution in [2.45, 2.75) is 32.7 Å². The Morgan fingerprint density at radius 1 is 0.805 bits per heavy atom. The van der Waals surface area contributed by atoms with Gasteiger partial charge in [0.05, 0.1) is 43.7 Å². The van der Waals surface area contributed by atoms with Crippen LogP contribution >= 0.6 is 0 Å². The van der Waals surface area contributed by atoms with Gasteiger partial charge in [-0.2, -0.15) is 20.1 Å². The lowest BCUT2D eigenvalue weighted by Gasteiger charge is -2.30. The third kappa shape index (κ3) is 6.31. The van der Waals surface area contributed by atoms with Gasteiger partial charge < -0.3 is 23.8 Å². The number of nitrogens with zero attached hydrogens (tertiary/aromatic N) is 8. The molecule has 0 saturated carbocycles. The summed E-state index contributed by atoms with van der Waals surface area (Å²) in [5.41, 5.74) is 7.65. The average molecular weight is 556 g/mol. The van der Waals surface area contributed by atoms with Crippen LogP contribution in [0, 0.1) is 0 Å². The number of nitrogens with one attached hydrogen (secondary N) is 1. The quantitative estimate of drug-likeness (QED) is 0.270. The first-order chi connectivity index (χ1) is 19.9. The minimum Gasteiger partial charge on any atom is -0.378 e. The number of anilines is 3. The fourth-order valence-electron chi connectivity index (χ4n) is 5.01. The molecule has 11 nitrogen and oxygen atoms in total. The zero-order chi connectivity index (χ0) is 28.2. The van der Waals surface area contributed by atoms with Gasteiger partial charge in [0.2, 0.25) is 17.8 Å². The van der Waals surface area contributed by atoms with Gasteiger partial charge in [0.25, 0.3) is 0 Å². The molecular formula is C30H37N9O2. The van der Waals surface area contributed by atoms with Gasteiger partial charge in [-0.15, -0.1) is 0 Å². The first-order valence-corrected chi connectivity index (χ1v) is 14.2. The molecule has 6 rings (SSSR count). The molecule has 2 fully saturated rings. The summed E-state index contributed by atoms with van der Waals surface area (Å²) in [6.45, 7) is 12.9. The smallest absolute Gasteiger partial charge is 0.250 e. The molecule has 4 heterocycles. The number of hydrogen-bond donors (Lipinski definition) is 1. The molecule has 0 unspecified atom stereocenters. The molecule has 41 heavy (non-hydrogen) atoms. The Balaban J connectivity index is 1.27. The first-order valence-electron chi connectivity index (χ1n) is 14.2. The Hall–Kier alpha value is -4.09. The maximum atomic E-state index is 5.52. The van der Waals surface area contributed by atoms with Crippen molar-refractivity contribution < 1.29 is 9.47 Å². The lowest BCUT2D eigenvalue weighted by atomic mass is 9.87. The Morgan fingerprint density at radius 2 is 1.41 bits per heavy atom. The molecule has 0 amide bonds. The highest BCUT2D eigenvalue weighted by Gasteiger charge is 2.21. The molecule has 2 aliphatic heterocycles. The van der Waals surface area contributed by atoms with E-state index in [0.29, 0.717) is 50.8 Å². The maximum absolute atomic E-state index is 5.52. The van der Waals surface area contributed by atoms with Crippen molar-refractivity contribution >= 4 is 35.1 Å². The molecule has 0 atom stereocenters. The first kappa shape index (κ1) is 27.1. The van der Waals surface area contributed by atoms with Crippen molar-refractivity contribution in [2.75, 3.05) is 67.8 Å². The number of morpholine rings is 2. The summed E-state index contributed by atoms with van der Waals surface area (Å²) in [6, 6.07) is 17.0. The maximum Gasteiger partial charge on any atom is 0.250 e. The second-order valence-corrected chi connectivity index (χ2v) is 11.3. The third-order valence-corrected chi connectivity index (χ3v) is 7.39. The van der Waals surface area contributed by atoms with E-state index in [1.807, 2.05) is 18.2 Å². The number of ether oxygens (including phenoxy) is 2. The number of rotatable bonds is 7. The molecule has 2 aliphatic rings. The van der Waals surface area contributed by atoms with Crippen molar-refractivity contribution in [3.63, 3.8) is 0 Å². The van der Waals surface area contributed by atoms with Crippen LogP contribution < -0.4 is 15.2 Å². The highest BCUT2D eigenvalue weighted by molar-refractivity contribution is 5.85. The van der Waals surface area contributed by atoms with Gasteiger partial charge in [-0.3, -0.25) is 0 Å². The summed E-state index contributed by atoms with van der Waals surface area (Å²) in [5, 5.41) is 4.53. The number of para-hydroxylation sites is 2. The minimum absolute atomic E-state index is 0.113. The topological polar surface area (TPSA) is 106 Å². The zero-order valence-electron chi connectivity index (χ0n) is 24.0. The molecule has 0 aliphatic carbocycles. The Kier molecular flexibility index (Phi) is 7.80. The number of hydrazone groups is 1. The highest BCUT2D eigenvalue weighted by Crippen LogP contribution is 2.24. The monoisotopic (exact) mass is 555 g/mol. The molecule has 0 bridgehead atoms. The molecule has 11 heteroatoms. The zero-order valence-corrected chi connectivity index (χ0v) is 24.0. The molecule has 0 radical (unpaired) electrons. The molecular weight excluding hydrogens is 518 g/mol. The van der Waals surface area contributed by atoms with E-state index in [1.54, 1.807) is 6.21 Å². The highest BCUT2D eigenvalue weighted by atomic mass is 16.5. The Bertz CT molecular complexity index is 1460. The molecule has 1 N–H and O–H groups in total. The lowest BCUT2D eigenvalue weighted by Crippen LogP contribution is -2.40. The normalized spacial score (nSPS) is 16.6. The predicted molar refractivity (Wildman–Crippen MR) is 161 cm³/mol. The van der Waals surface area contributed by atoms with Gasteiger partial charge in [-0.05, 0) is 28.7 Å². The van der Waals surface area contributed by atoms with E-state index in [0.717, 1.165) is 43.0 Å². The second-order valence-electron chi connectivity index (χ2n) is 11.3. The van der Waals surface area contributed by atoms with E-state index in [9.17, 15) is 0 Å². The van der Waals surface area contributed by atoms with Crippen molar-refractivity contribution in [2.24, 2.45) is 5.10 Å². The fourth-order valence-corrected chi connectivity index (χ4v) is 5.01. The van der Waals surface area contributed by atoms with Crippen LogP contribution in [0.3, 0.4) is 0 Å². The number of fused-ring (bicyclic) bond motifs is 1. The van der Waals surface area contributed by atoms with Crippen LogP contribution in [0.2, 0.25) is 0 Å². The molecule has 0 spiro atoms. The van der Waals surface area contributed by atoms with E-state index in [-0.39, 0.29) is 5.41 Å². The van der Waals surface area contributed by atoms with Crippen LogP contribution in [-0.4, -0.2) is 83.3 Å². The Morgan fingerprint density at radius 3 is 2.02 bits per heavy atom. The van der Waals surface area contributed by atoms with Crippen LogP contribution in [0.15, 0.2) is 53.6 Å². The van der Waals surface area contributed by atoms with Gasteiger partial charge in [0.15, 0.2) is 5.82 Å². The largest absolute Gasteiger partial charge is 0.378 e. The molecule has 214 valence electrons. The standard InChI is InChI=1S/C30H37N9O2/c1-30(2,3)23-10-8-22(9-11-23)21-39-25-7-5-4-6-24(25)32-26(39)20-31-36-27-33-28(37-12-16-40-17-13-37)35-29(34-27)38-14-18-41-19-15-38/h4-11,20H,12-19,21H2,1-3H3,(H,33,34,35,36)/b31-20+. The minimum atomic E-state index is 0.113. The van der Waals surface area contributed by atoms with Gasteiger partial charge in [-0.1, -0.05) is 57.2 Å². The molecule has 2 saturated heterocycles. The number of benzene rings is 2. The van der Waals surface area contributed by atoms with E-state index < -0.39 is 0 Å². The van der Waals surface area contributed by atoms with Gasteiger partial charge in [0.1, 0.15) is 0 Å². The van der Waals surface area contributed by atoms with Crippen LogP contribution in [0.1, 0.15) is 37.7 Å².